The van der Waals surface area contributed by atoms with E-state index in [1.54, 1.807) is 35.8 Å². The van der Waals surface area contributed by atoms with Crippen LogP contribution in [0, 0.1) is 5.82 Å². The number of aromatic nitrogens is 2. The molecule has 0 bridgehead atoms. The number of nitrogens with one attached hydrogen (secondary N) is 2. The van der Waals surface area contributed by atoms with Crippen LogP contribution in [0.3, 0.4) is 0 Å². The predicted molar refractivity (Wildman–Crippen MR) is 139 cm³/mol. The first kappa shape index (κ1) is 26.7. The van der Waals surface area contributed by atoms with Crippen molar-refractivity contribution >= 4 is 17.8 Å². The van der Waals surface area contributed by atoms with Gasteiger partial charge in [0.2, 0.25) is 5.91 Å². The second kappa shape index (κ2) is 11.4. The second-order valence-electron chi connectivity index (χ2n) is 10.4. The molecule has 0 atom stereocenters. The first-order chi connectivity index (χ1) is 17.6. The number of urea groups is 1. The van der Waals surface area contributed by atoms with Crippen LogP contribution in [-0.2, 0) is 11.3 Å². The van der Waals surface area contributed by atoms with E-state index in [1.165, 1.54) is 42.2 Å². The third-order valence-electron chi connectivity index (χ3n) is 6.95. The van der Waals surface area contributed by atoms with Crippen LogP contribution < -0.4 is 22.1 Å². The molecule has 10 nitrogen and oxygen atoms in total. The Morgan fingerprint density at radius 3 is 2.38 bits per heavy atom. The molecule has 1 aromatic heterocycles. The largest absolute Gasteiger partial charge is 0.354 e. The van der Waals surface area contributed by atoms with Crippen LogP contribution in [0.2, 0.25) is 0 Å². The zero-order valence-electron chi connectivity index (χ0n) is 21.5. The van der Waals surface area contributed by atoms with Crippen LogP contribution in [0.15, 0.2) is 35.3 Å². The number of nitrogens with zero attached hydrogens (tertiary/aromatic N) is 4. The maximum absolute atomic E-state index is 14.8. The van der Waals surface area contributed by atoms with Gasteiger partial charge in [-0.05, 0) is 44.9 Å². The molecule has 0 spiro atoms. The molecule has 2 aliphatic rings. The molecule has 4 rings (SSSR count). The molecule has 2 fully saturated rings. The van der Waals surface area contributed by atoms with Gasteiger partial charge in [0, 0.05) is 50.5 Å². The monoisotopic (exact) mass is 513 g/mol. The van der Waals surface area contributed by atoms with E-state index in [4.69, 9.17) is 5.73 Å². The summed E-state index contributed by atoms with van der Waals surface area (Å²) >= 11 is 0. The summed E-state index contributed by atoms with van der Waals surface area (Å²) in [5, 5.41) is 6.05. The maximum atomic E-state index is 14.8. The van der Waals surface area contributed by atoms with Gasteiger partial charge in [0.1, 0.15) is 11.6 Å². The van der Waals surface area contributed by atoms with E-state index in [1.807, 2.05) is 0 Å². The topological polar surface area (TPSA) is 126 Å². The van der Waals surface area contributed by atoms with Crippen molar-refractivity contribution < 1.29 is 14.0 Å². The van der Waals surface area contributed by atoms with Crippen LogP contribution in [0.4, 0.5) is 15.0 Å². The van der Waals surface area contributed by atoms with Crippen molar-refractivity contribution in [2.24, 2.45) is 5.73 Å². The third-order valence-corrected chi connectivity index (χ3v) is 6.95. The summed E-state index contributed by atoms with van der Waals surface area (Å²) in [7, 11) is 0. The number of hydrogen-bond donors (Lipinski definition) is 3. The molecule has 1 saturated carbocycles. The first-order valence-corrected chi connectivity index (χ1v) is 12.9. The fraction of sp³-hybridized carbons (Fsp3) is 0.538. The fourth-order valence-corrected chi connectivity index (χ4v) is 4.77. The Labute approximate surface area is 216 Å². The van der Waals surface area contributed by atoms with Crippen molar-refractivity contribution in [2.45, 2.75) is 64.1 Å². The summed E-state index contributed by atoms with van der Waals surface area (Å²) in [5.41, 5.74) is 5.20. The molecule has 1 aromatic carbocycles. The quantitative estimate of drug-likeness (QED) is 0.544. The summed E-state index contributed by atoms with van der Waals surface area (Å²) in [4.78, 5) is 44.7. The minimum absolute atomic E-state index is 0.0987. The zero-order chi connectivity index (χ0) is 26.6. The number of halogens is 1. The Bertz CT molecular complexity index is 1180. The Morgan fingerprint density at radius 1 is 1.08 bits per heavy atom. The SMILES string of the molecule is CC(C)(N)C(=O)N1CCN(C(=O)Nc2ccn(-c3ccc(CNC4CCCCC4)c(F)c3)c(=O)n2)CC1. The van der Waals surface area contributed by atoms with Gasteiger partial charge < -0.3 is 20.9 Å². The molecule has 37 heavy (non-hydrogen) atoms. The molecule has 2 aromatic rings. The lowest BCUT2D eigenvalue weighted by Crippen LogP contribution is -2.58. The van der Waals surface area contributed by atoms with Gasteiger partial charge in [0.05, 0.1) is 11.2 Å². The summed E-state index contributed by atoms with van der Waals surface area (Å²) in [6.07, 6.45) is 7.37. The molecule has 1 aliphatic heterocycles. The van der Waals surface area contributed by atoms with Gasteiger partial charge in [-0.1, -0.05) is 25.3 Å². The molecule has 0 unspecified atom stereocenters. The summed E-state index contributed by atoms with van der Waals surface area (Å²) in [6.45, 7) is 5.18. The minimum atomic E-state index is -0.965. The van der Waals surface area contributed by atoms with E-state index in [9.17, 15) is 18.8 Å². The predicted octanol–water partition coefficient (Wildman–Crippen LogP) is 2.21. The van der Waals surface area contributed by atoms with Crippen LogP contribution in [0.1, 0.15) is 51.5 Å². The Morgan fingerprint density at radius 2 is 1.76 bits per heavy atom. The third kappa shape index (κ3) is 6.72. The van der Waals surface area contributed by atoms with E-state index < -0.39 is 17.3 Å². The standard InChI is InChI=1S/C26H36FN7O3/c1-26(2,28)23(35)32-12-14-33(15-13-32)24(36)30-22-10-11-34(25(37)31-22)20-9-8-18(21(27)16-20)17-29-19-6-4-3-5-7-19/h8-11,16,19,29H,3-7,12-15,17,28H2,1-2H3,(H,30,31,36,37). The van der Waals surface area contributed by atoms with E-state index in [0.717, 1.165) is 12.8 Å². The molecule has 11 heteroatoms. The van der Waals surface area contributed by atoms with E-state index in [-0.39, 0.29) is 17.5 Å². The number of carbonyl (C=O) groups is 2. The smallest absolute Gasteiger partial charge is 0.338 e. The average molecular weight is 514 g/mol. The van der Waals surface area contributed by atoms with E-state index >= 15 is 0 Å². The number of carbonyl (C=O) groups excluding carboxylic acids is 2. The lowest BCUT2D eigenvalue weighted by Gasteiger charge is -2.37. The normalized spacial score (nSPS) is 17.1. The van der Waals surface area contributed by atoms with Crippen molar-refractivity contribution in [2.75, 3.05) is 31.5 Å². The van der Waals surface area contributed by atoms with Crippen LogP contribution in [0.25, 0.3) is 5.69 Å². The summed E-state index contributed by atoms with van der Waals surface area (Å²) in [6, 6.07) is 6.19. The average Bonchev–Trinajstić information content (AvgIpc) is 2.88. The highest BCUT2D eigenvalue weighted by Crippen LogP contribution is 2.19. The second-order valence-corrected chi connectivity index (χ2v) is 10.4. The molecule has 1 saturated heterocycles. The number of benzene rings is 1. The van der Waals surface area contributed by atoms with Gasteiger partial charge in [-0.3, -0.25) is 14.7 Å². The lowest BCUT2D eigenvalue weighted by atomic mass is 9.95. The molecule has 200 valence electrons. The van der Waals surface area contributed by atoms with Gasteiger partial charge in [0.15, 0.2) is 0 Å². The van der Waals surface area contributed by atoms with Gasteiger partial charge in [-0.2, -0.15) is 4.98 Å². The first-order valence-electron chi connectivity index (χ1n) is 12.9. The van der Waals surface area contributed by atoms with Crippen LogP contribution in [-0.4, -0.2) is 69.0 Å². The molecule has 0 radical (unpaired) electrons. The molecular formula is C26H36FN7O3. The number of amides is 3. The van der Waals surface area contributed by atoms with Crippen molar-refractivity contribution in [1.29, 1.82) is 0 Å². The van der Waals surface area contributed by atoms with Crippen molar-refractivity contribution in [3.63, 3.8) is 0 Å². The lowest BCUT2D eigenvalue weighted by molar-refractivity contribution is -0.137. The van der Waals surface area contributed by atoms with Crippen molar-refractivity contribution in [1.82, 2.24) is 24.7 Å². The van der Waals surface area contributed by atoms with Crippen molar-refractivity contribution in [3.05, 3.63) is 52.3 Å². The van der Waals surface area contributed by atoms with Gasteiger partial charge in [0.25, 0.3) is 0 Å². The summed E-state index contributed by atoms with van der Waals surface area (Å²) < 4.78 is 16.0. The summed E-state index contributed by atoms with van der Waals surface area (Å²) in [5.74, 6) is -0.454. The molecule has 2 heterocycles. The van der Waals surface area contributed by atoms with Crippen LogP contribution >= 0.6 is 0 Å². The molecule has 4 N–H and O–H groups in total. The number of hydrogen-bond acceptors (Lipinski definition) is 6. The van der Waals surface area contributed by atoms with Gasteiger partial charge in [-0.15, -0.1) is 0 Å². The van der Waals surface area contributed by atoms with E-state index in [2.05, 4.69) is 15.6 Å². The Hall–Kier alpha value is -3.31. The molecule has 1 aliphatic carbocycles. The molecule has 3 amide bonds. The molecular weight excluding hydrogens is 477 g/mol. The van der Waals surface area contributed by atoms with E-state index in [0.29, 0.717) is 50.0 Å². The van der Waals surface area contributed by atoms with Gasteiger partial charge >= 0.3 is 11.7 Å². The Kier molecular flexibility index (Phi) is 8.23. The maximum Gasteiger partial charge on any atom is 0.354 e. The highest BCUT2D eigenvalue weighted by molar-refractivity contribution is 5.89. The highest BCUT2D eigenvalue weighted by Gasteiger charge is 2.31. The van der Waals surface area contributed by atoms with Crippen LogP contribution in [0.5, 0.6) is 0 Å². The number of nitrogens with two attached hydrogens (primary N) is 1. The fourth-order valence-electron chi connectivity index (χ4n) is 4.77. The highest BCUT2D eigenvalue weighted by atomic mass is 19.1. The number of piperazine rings is 1. The Balaban J connectivity index is 1.34. The minimum Gasteiger partial charge on any atom is -0.338 e. The van der Waals surface area contributed by atoms with Gasteiger partial charge in [-0.25, -0.2) is 14.0 Å². The number of anilines is 1. The van der Waals surface area contributed by atoms with Crippen molar-refractivity contribution in [3.8, 4) is 5.69 Å². The number of rotatable bonds is 6. The zero-order valence-corrected chi connectivity index (χ0v) is 21.5.